The zero-order valence-electron chi connectivity index (χ0n) is 22.7. The van der Waals surface area contributed by atoms with Gasteiger partial charge < -0.3 is 19.9 Å². The van der Waals surface area contributed by atoms with E-state index in [9.17, 15) is 19.2 Å². The van der Waals surface area contributed by atoms with Crippen LogP contribution in [-0.4, -0.2) is 46.8 Å². The number of benzene rings is 2. The molecule has 39 heavy (non-hydrogen) atoms. The van der Waals surface area contributed by atoms with E-state index in [0.29, 0.717) is 30.4 Å². The quantitative estimate of drug-likeness (QED) is 0.261. The summed E-state index contributed by atoms with van der Waals surface area (Å²) in [5, 5.41) is 6.97. The molecule has 1 aromatic heterocycles. The molecule has 8 heteroatoms. The summed E-state index contributed by atoms with van der Waals surface area (Å²) in [5.41, 5.74) is 1.95. The molecule has 3 atom stereocenters. The molecule has 8 nitrogen and oxygen atoms in total. The lowest BCUT2D eigenvalue weighted by Gasteiger charge is -2.24. The third-order valence-corrected chi connectivity index (χ3v) is 7.43. The molecule has 0 aliphatic heterocycles. The highest BCUT2D eigenvalue weighted by Crippen LogP contribution is 2.27. The van der Waals surface area contributed by atoms with E-state index in [2.05, 4.69) is 15.2 Å². The maximum Gasteiger partial charge on any atom is 0.311 e. The van der Waals surface area contributed by atoms with Crippen LogP contribution in [0.4, 0.5) is 0 Å². The Bertz CT molecular complexity index is 1320. The predicted molar refractivity (Wildman–Crippen MR) is 149 cm³/mol. The van der Waals surface area contributed by atoms with Crippen molar-refractivity contribution < 1.29 is 23.9 Å². The number of amides is 2. The fraction of sp³-hybridized carbons (Fsp3) is 0.419. The molecule has 0 unspecified atom stereocenters. The molecule has 1 aliphatic carbocycles. The number of esters is 1. The van der Waals surface area contributed by atoms with Crippen LogP contribution in [0.2, 0.25) is 0 Å². The third-order valence-electron chi connectivity index (χ3n) is 7.43. The van der Waals surface area contributed by atoms with Gasteiger partial charge in [0.1, 0.15) is 6.04 Å². The summed E-state index contributed by atoms with van der Waals surface area (Å²) >= 11 is 0. The molecule has 3 aromatic rings. The van der Waals surface area contributed by atoms with Gasteiger partial charge in [0.25, 0.3) is 5.91 Å². The van der Waals surface area contributed by atoms with Crippen molar-refractivity contribution in [1.82, 2.24) is 15.2 Å². The molecule has 2 N–H and O–H groups in total. The lowest BCUT2D eigenvalue weighted by atomic mass is 10.0. The summed E-state index contributed by atoms with van der Waals surface area (Å²) in [5.74, 6) is -1.89. The summed E-state index contributed by atoms with van der Waals surface area (Å²) in [4.78, 5) is 51.6. The van der Waals surface area contributed by atoms with Gasteiger partial charge in [-0.2, -0.15) is 0 Å². The number of ketones is 1. The summed E-state index contributed by atoms with van der Waals surface area (Å²) < 4.78 is 7.41. The summed E-state index contributed by atoms with van der Waals surface area (Å²) in [6.45, 7) is 4.54. The number of unbranched alkanes of at least 4 members (excludes halogenated alkanes) is 1. The minimum Gasteiger partial charge on any atom is -0.457 e. The molecule has 4 rings (SSSR count). The van der Waals surface area contributed by atoms with Gasteiger partial charge in [-0.05, 0) is 49.8 Å². The van der Waals surface area contributed by atoms with Gasteiger partial charge in [0.15, 0.2) is 12.4 Å². The Balaban J connectivity index is 1.38. The number of aromatic nitrogens is 1. The molecule has 2 amide bonds. The number of rotatable bonds is 12. The van der Waals surface area contributed by atoms with Gasteiger partial charge in [-0.3, -0.25) is 19.2 Å². The SMILES string of the molecule is CCCC[C@H](NC(=O)c1ccc2ccn(CC)c2c1)C(=O)N[C@H]1CCC[C@H]1C(=O)OCC(=O)c1ccccc1. The van der Waals surface area contributed by atoms with Crippen LogP contribution in [0.15, 0.2) is 60.8 Å². The zero-order valence-corrected chi connectivity index (χ0v) is 22.7. The van der Waals surface area contributed by atoms with E-state index in [1.165, 1.54) is 0 Å². The van der Waals surface area contributed by atoms with Crippen LogP contribution in [0.1, 0.15) is 73.1 Å². The van der Waals surface area contributed by atoms with Gasteiger partial charge >= 0.3 is 5.97 Å². The number of carbonyl (C=O) groups excluding carboxylic acids is 4. The molecular formula is C31H37N3O5. The highest BCUT2D eigenvalue weighted by Gasteiger charge is 2.36. The highest BCUT2D eigenvalue weighted by atomic mass is 16.5. The minimum absolute atomic E-state index is 0.269. The number of hydrogen-bond acceptors (Lipinski definition) is 5. The second kappa shape index (κ2) is 13.2. The number of fused-ring (bicyclic) bond motifs is 1. The van der Waals surface area contributed by atoms with Crippen LogP contribution in [0.3, 0.4) is 0 Å². The van der Waals surface area contributed by atoms with Gasteiger partial charge in [0.2, 0.25) is 5.91 Å². The molecule has 0 spiro atoms. The van der Waals surface area contributed by atoms with Crippen molar-refractivity contribution in [2.45, 2.75) is 71.0 Å². The zero-order chi connectivity index (χ0) is 27.8. The van der Waals surface area contributed by atoms with Crippen LogP contribution in [0, 0.1) is 5.92 Å². The second-order valence-electron chi connectivity index (χ2n) is 10.1. The molecule has 1 aliphatic rings. The average Bonchev–Trinajstić information content (AvgIpc) is 3.60. The maximum atomic E-state index is 13.3. The van der Waals surface area contributed by atoms with Crippen LogP contribution in [-0.2, 0) is 20.9 Å². The fourth-order valence-corrected chi connectivity index (χ4v) is 5.17. The van der Waals surface area contributed by atoms with Gasteiger partial charge in [0, 0.05) is 35.4 Å². The molecule has 0 saturated heterocycles. The van der Waals surface area contributed by atoms with Gasteiger partial charge in [0.05, 0.1) is 5.92 Å². The Morgan fingerprint density at radius 1 is 1.00 bits per heavy atom. The van der Waals surface area contributed by atoms with Crippen LogP contribution < -0.4 is 10.6 Å². The first kappa shape index (κ1) is 28.1. The molecule has 206 valence electrons. The first-order chi connectivity index (χ1) is 18.9. The Labute approximate surface area is 229 Å². The number of Topliss-reactive ketones (excluding diaryl/α,β-unsaturated/α-hetero) is 1. The van der Waals surface area contributed by atoms with Crippen molar-refractivity contribution >= 4 is 34.5 Å². The van der Waals surface area contributed by atoms with Crippen molar-refractivity contribution in [2.75, 3.05) is 6.61 Å². The number of ether oxygens (including phenoxy) is 1. The maximum absolute atomic E-state index is 13.3. The van der Waals surface area contributed by atoms with E-state index >= 15 is 0 Å². The van der Waals surface area contributed by atoms with E-state index in [1.807, 2.05) is 44.3 Å². The molecule has 2 aromatic carbocycles. The van der Waals surface area contributed by atoms with Crippen molar-refractivity contribution in [1.29, 1.82) is 0 Å². The standard InChI is InChI=1S/C31H37N3O5/c1-3-5-13-26(33-29(36)23-16-15-21-17-18-34(4-2)27(21)19-23)30(37)32-25-14-9-12-24(25)31(38)39-20-28(35)22-10-7-6-8-11-22/h6-8,10-11,15-19,24-26H,3-5,9,12-14,20H2,1-2H3,(H,32,37)(H,33,36)/t24-,25+,26+/m1/s1. The lowest BCUT2D eigenvalue weighted by Crippen LogP contribution is -2.51. The van der Waals surface area contributed by atoms with E-state index in [-0.39, 0.29) is 24.2 Å². The Kier molecular flexibility index (Phi) is 9.52. The third kappa shape index (κ3) is 6.93. The molecule has 0 radical (unpaired) electrons. The summed E-state index contributed by atoms with van der Waals surface area (Å²) in [7, 11) is 0. The van der Waals surface area contributed by atoms with Crippen molar-refractivity contribution in [3.63, 3.8) is 0 Å². The van der Waals surface area contributed by atoms with Gasteiger partial charge in [-0.1, -0.05) is 62.6 Å². The largest absolute Gasteiger partial charge is 0.457 e. The van der Waals surface area contributed by atoms with E-state index < -0.39 is 24.0 Å². The first-order valence-electron chi connectivity index (χ1n) is 13.9. The highest BCUT2D eigenvalue weighted by molar-refractivity contribution is 6.00. The Hall–Kier alpha value is -3.94. The number of carbonyl (C=O) groups is 4. The van der Waals surface area contributed by atoms with Crippen LogP contribution >= 0.6 is 0 Å². The van der Waals surface area contributed by atoms with E-state index in [4.69, 9.17) is 4.74 Å². The van der Waals surface area contributed by atoms with Gasteiger partial charge in [-0.15, -0.1) is 0 Å². The van der Waals surface area contributed by atoms with Crippen molar-refractivity contribution in [3.8, 4) is 0 Å². The smallest absolute Gasteiger partial charge is 0.311 e. The molecule has 1 fully saturated rings. The van der Waals surface area contributed by atoms with E-state index in [1.54, 1.807) is 30.3 Å². The average molecular weight is 532 g/mol. The fourth-order valence-electron chi connectivity index (χ4n) is 5.17. The molecule has 1 saturated carbocycles. The summed E-state index contributed by atoms with van der Waals surface area (Å²) in [6.07, 6.45) is 6.11. The molecular weight excluding hydrogens is 494 g/mol. The van der Waals surface area contributed by atoms with Gasteiger partial charge in [-0.25, -0.2) is 0 Å². The monoisotopic (exact) mass is 531 g/mol. The summed E-state index contributed by atoms with van der Waals surface area (Å²) in [6, 6.07) is 15.1. The van der Waals surface area contributed by atoms with Crippen molar-refractivity contribution in [2.24, 2.45) is 5.92 Å². The second-order valence-corrected chi connectivity index (χ2v) is 10.1. The Morgan fingerprint density at radius 3 is 2.54 bits per heavy atom. The number of nitrogens with one attached hydrogen (secondary N) is 2. The normalized spacial score (nSPS) is 17.5. The molecule has 0 bridgehead atoms. The topological polar surface area (TPSA) is 106 Å². The first-order valence-corrected chi connectivity index (χ1v) is 13.9. The minimum atomic E-state index is -0.719. The molecule has 1 heterocycles. The van der Waals surface area contributed by atoms with Crippen molar-refractivity contribution in [3.05, 3.63) is 71.9 Å². The number of hydrogen-bond donors (Lipinski definition) is 2. The van der Waals surface area contributed by atoms with E-state index in [0.717, 1.165) is 36.7 Å². The number of nitrogens with zero attached hydrogens (tertiary/aromatic N) is 1. The number of aryl methyl sites for hydroxylation is 1. The Morgan fingerprint density at radius 2 is 1.79 bits per heavy atom. The lowest BCUT2D eigenvalue weighted by molar-refractivity contribution is -0.148. The predicted octanol–water partition coefficient (Wildman–Crippen LogP) is 4.66. The van der Waals surface area contributed by atoms with Crippen LogP contribution in [0.25, 0.3) is 10.9 Å². The van der Waals surface area contributed by atoms with Crippen LogP contribution in [0.5, 0.6) is 0 Å².